The third-order valence-electron chi connectivity index (χ3n) is 4.92. The lowest BCUT2D eigenvalue weighted by molar-refractivity contribution is -0.131. The molecule has 1 fully saturated rings. The molecule has 0 aliphatic carbocycles. The Morgan fingerprint density at radius 2 is 1.65 bits per heavy atom. The van der Waals surface area contributed by atoms with Crippen molar-refractivity contribution in [1.82, 2.24) is 9.88 Å². The molecule has 0 unspecified atom stereocenters. The van der Waals surface area contributed by atoms with Crippen molar-refractivity contribution in [1.29, 1.82) is 0 Å². The number of anilines is 1. The zero-order chi connectivity index (χ0) is 18.5. The molecule has 1 saturated heterocycles. The van der Waals surface area contributed by atoms with Crippen LogP contribution in [-0.4, -0.2) is 47.8 Å². The van der Waals surface area contributed by atoms with Gasteiger partial charge in [-0.05, 0) is 37.6 Å². The van der Waals surface area contributed by atoms with E-state index >= 15 is 0 Å². The Morgan fingerprint density at radius 3 is 2.35 bits per heavy atom. The SMILES string of the molecule is Cc1ccc(C)c(C(=O)CCC(=O)N2CCN(c3ccncc3)CC2)c1. The number of aromatic nitrogens is 1. The molecule has 26 heavy (non-hydrogen) atoms. The van der Waals surface area contributed by atoms with Gasteiger partial charge in [-0.25, -0.2) is 0 Å². The third-order valence-corrected chi connectivity index (χ3v) is 4.92. The zero-order valence-corrected chi connectivity index (χ0v) is 15.4. The van der Waals surface area contributed by atoms with Gasteiger partial charge in [-0.3, -0.25) is 14.6 Å². The van der Waals surface area contributed by atoms with Crippen molar-refractivity contribution in [3.63, 3.8) is 0 Å². The largest absolute Gasteiger partial charge is 0.368 e. The molecule has 1 aliphatic heterocycles. The van der Waals surface area contributed by atoms with Crippen LogP contribution in [-0.2, 0) is 4.79 Å². The standard InChI is InChI=1S/C21H25N3O2/c1-16-3-4-17(2)19(15-16)20(25)5-6-21(26)24-13-11-23(12-14-24)18-7-9-22-10-8-18/h3-4,7-10,15H,5-6,11-14H2,1-2H3. The molecule has 0 spiro atoms. The number of carbonyl (C=O) groups is 2. The predicted molar refractivity (Wildman–Crippen MR) is 103 cm³/mol. The summed E-state index contributed by atoms with van der Waals surface area (Å²) in [5.74, 6) is 0.119. The summed E-state index contributed by atoms with van der Waals surface area (Å²) < 4.78 is 0. The maximum atomic E-state index is 12.5. The number of hydrogen-bond acceptors (Lipinski definition) is 4. The topological polar surface area (TPSA) is 53.5 Å². The van der Waals surface area contributed by atoms with Gasteiger partial charge in [-0.2, -0.15) is 0 Å². The number of carbonyl (C=O) groups excluding carboxylic acids is 2. The van der Waals surface area contributed by atoms with Crippen molar-refractivity contribution in [2.75, 3.05) is 31.1 Å². The van der Waals surface area contributed by atoms with Crippen molar-refractivity contribution in [2.24, 2.45) is 0 Å². The second-order valence-electron chi connectivity index (χ2n) is 6.81. The molecule has 0 radical (unpaired) electrons. The highest BCUT2D eigenvalue weighted by atomic mass is 16.2. The average molecular weight is 351 g/mol. The van der Waals surface area contributed by atoms with E-state index in [-0.39, 0.29) is 24.5 Å². The first-order valence-corrected chi connectivity index (χ1v) is 9.08. The second-order valence-corrected chi connectivity index (χ2v) is 6.81. The van der Waals surface area contributed by atoms with Crippen LogP contribution in [0.15, 0.2) is 42.7 Å². The lowest BCUT2D eigenvalue weighted by atomic mass is 9.99. The van der Waals surface area contributed by atoms with E-state index in [2.05, 4.69) is 9.88 Å². The number of nitrogens with zero attached hydrogens (tertiary/aromatic N) is 3. The molecule has 0 N–H and O–H groups in total. The molecule has 2 aromatic rings. The van der Waals surface area contributed by atoms with Gasteiger partial charge in [0.1, 0.15) is 0 Å². The maximum Gasteiger partial charge on any atom is 0.223 e. The Morgan fingerprint density at radius 1 is 0.962 bits per heavy atom. The van der Waals surface area contributed by atoms with Crippen LogP contribution in [0.1, 0.15) is 34.3 Å². The van der Waals surface area contributed by atoms with Crippen LogP contribution in [0.25, 0.3) is 0 Å². The van der Waals surface area contributed by atoms with Gasteiger partial charge in [0.25, 0.3) is 0 Å². The van der Waals surface area contributed by atoms with Crippen LogP contribution in [0.4, 0.5) is 5.69 Å². The number of ketones is 1. The number of benzene rings is 1. The van der Waals surface area contributed by atoms with Crippen LogP contribution >= 0.6 is 0 Å². The summed E-state index contributed by atoms with van der Waals surface area (Å²) in [5.41, 5.74) is 3.91. The van der Waals surface area contributed by atoms with Crippen molar-refractivity contribution >= 4 is 17.4 Å². The van der Waals surface area contributed by atoms with E-state index in [0.717, 1.165) is 35.5 Å². The van der Waals surface area contributed by atoms with Crippen LogP contribution in [0.3, 0.4) is 0 Å². The minimum atomic E-state index is 0.0509. The minimum Gasteiger partial charge on any atom is -0.368 e. The van der Waals surface area contributed by atoms with Crippen LogP contribution in [0.2, 0.25) is 0 Å². The summed E-state index contributed by atoms with van der Waals surface area (Å²) in [7, 11) is 0. The molecule has 1 aliphatic rings. The van der Waals surface area contributed by atoms with Gasteiger partial charge in [0.15, 0.2) is 5.78 Å². The van der Waals surface area contributed by atoms with E-state index in [9.17, 15) is 9.59 Å². The minimum absolute atomic E-state index is 0.0509. The monoisotopic (exact) mass is 351 g/mol. The van der Waals surface area contributed by atoms with Gasteiger partial charge >= 0.3 is 0 Å². The van der Waals surface area contributed by atoms with Crippen molar-refractivity contribution in [3.8, 4) is 0 Å². The fourth-order valence-corrected chi connectivity index (χ4v) is 3.32. The summed E-state index contributed by atoms with van der Waals surface area (Å²) >= 11 is 0. The first-order valence-electron chi connectivity index (χ1n) is 9.08. The van der Waals surface area contributed by atoms with E-state index < -0.39 is 0 Å². The van der Waals surface area contributed by atoms with Gasteiger partial charge < -0.3 is 9.80 Å². The molecule has 1 aromatic heterocycles. The van der Waals surface area contributed by atoms with Gasteiger partial charge in [0.2, 0.25) is 5.91 Å². The number of Topliss-reactive ketones (excluding diaryl/α,β-unsaturated/α-hetero) is 1. The lowest BCUT2D eigenvalue weighted by Crippen LogP contribution is -2.48. The molecule has 1 aromatic carbocycles. The van der Waals surface area contributed by atoms with Crippen molar-refractivity contribution in [2.45, 2.75) is 26.7 Å². The Balaban J connectivity index is 1.50. The molecule has 0 bridgehead atoms. The number of piperazine rings is 1. The van der Waals surface area contributed by atoms with E-state index in [0.29, 0.717) is 13.1 Å². The van der Waals surface area contributed by atoms with Crippen LogP contribution in [0.5, 0.6) is 0 Å². The molecule has 3 rings (SSSR count). The first-order chi connectivity index (χ1) is 12.5. The predicted octanol–water partition coefficient (Wildman–Crippen LogP) is 3.01. The second kappa shape index (κ2) is 8.13. The van der Waals surface area contributed by atoms with E-state index in [1.54, 1.807) is 12.4 Å². The fourth-order valence-electron chi connectivity index (χ4n) is 3.32. The molecule has 0 saturated carbocycles. The van der Waals surface area contributed by atoms with Crippen LogP contribution < -0.4 is 4.90 Å². The Hall–Kier alpha value is -2.69. The quantitative estimate of drug-likeness (QED) is 0.777. The summed E-state index contributed by atoms with van der Waals surface area (Å²) in [6.45, 7) is 6.91. The highest BCUT2D eigenvalue weighted by Gasteiger charge is 2.22. The van der Waals surface area contributed by atoms with E-state index in [4.69, 9.17) is 0 Å². The number of hydrogen-bond donors (Lipinski definition) is 0. The molecule has 5 nitrogen and oxygen atoms in total. The van der Waals surface area contributed by atoms with Crippen molar-refractivity contribution in [3.05, 3.63) is 59.4 Å². The van der Waals surface area contributed by atoms with Crippen molar-refractivity contribution < 1.29 is 9.59 Å². The summed E-state index contributed by atoms with van der Waals surface area (Å²) in [5, 5.41) is 0. The Bertz CT molecular complexity index is 781. The van der Waals surface area contributed by atoms with Gasteiger partial charge in [0, 0.05) is 62.7 Å². The van der Waals surface area contributed by atoms with E-state index in [1.807, 2.05) is 49.1 Å². The highest BCUT2D eigenvalue weighted by molar-refractivity contribution is 5.99. The number of rotatable bonds is 5. The zero-order valence-electron chi connectivity index (χ0n) is 15.4. The molecule has 2 heterocycles. The van der Waals surface area contributed by atoms with Crippen LogP contribution in [0, 0.1) is 13.8 Å². The number of pyridine rings is 1. The Labute approximate surface area is 154 Å². The average Bonchev–Trinajstić information content (AvgIpc) is 2.68. The summed E-state index contributed by atoms with van der Waals surface area (Å²) in [6.07, 6.45) is 4.12. The first kappa shape index (κ1) is 18.1. The lowest BCUT2D eigenvalue weighted by Gasteiger charge is -2.36. The summed E-state index contributed by atoms with van der Waals surface area (Å²) in [6, 6.07) is 9.85. The number of aryl methyl sites for hydroxylation is 2. The molecule has 0 atom stereocenters. The smallest absolute Gasteiger partial charge is 0.223 e. The molecule has 5 heteroatoms. The molecular weight excluding hydrogens is 326 g/mol. The van der Waals surface area contributed by atoms with Gasteiger partial charge in [-0.15, -0.1) is 0 Å². The Kier molecular flexibility index (Phi) is 5.66. The molecular formula is C21H25N3O2. The fraction of sp³-hybridized carbons (Fsp3) is 0.381. The van der Waals surface area contributed by atoms with Gasteiger partial charge in [0.05, 0.1) is 0 Å². The third kappa shape index (κ3) is 4.28. The molecule has 136 valence electrons. The highest BCUT2D eigenvalue weighted by Crippen LogP contribution is 2.17. The normalized spacial score (nSPS) is 14.4. The maximum absolute atomic E-state index is 12.5. The summed E-state index contributed by atoms with van der Waals surface area (Å²) in [4.78, 5) is 33.1. The van der Waals surface area contributed by atoms with E-state index in [1.165, 1.54) is 0 Å². The van der Waals surface area contributed by atoms with Gasteiger partial charge in [-0.1, -0.05) is 17.7 Å². The number of amides is 1. The molecule has 1 amide bonds.